The van der Waals surface area contributed by atoms with Crippen LogP contribution in [-0.2, 0) is 0 Å². The van der Waals surface area contributed by atoms with Crippen molar-refractivity contribution in [2.24, 2.45) is 5.16 Å². The van der Waals surface area contributed by atoms with Gasteiger partial charge in [0.25, 0.3) is 0 Å². The van der Waals surface area contributed by atoms with Crippen LogP contribution in [0.3, 0.4) is 0 Å². The highest BCUT2D eigenvalue weighted by molar-refractivity contribution is 7.99. The molecule has 2 rings (SSSR count). The summed E-state index contributed by atoms with van der Waals surface area (Å²) in [4.78, 5) is 4.35. The first-order valence-corrected chi connectivity index (χ1v) is 6.56. The average Bonchev–Trinajstić information content (AvgIpc) is 2.33. The number of pyridine rings is 1. The maximum absolute atomic E-state index is 8.39. The van der Waals surface area contributed by atoms with Crippen molar-refractivity contribution in [2.45, 2.75) is 42.4 Å². The highest BCUT2D eigenvalue weighted by Crippen LogP contribution is 2.32. The number of aromatic nitrogens is 1. The van der Waals surface area contributed by atoms with Gasteiger partial charge < -0.3 is 5.21 Å². The monoisotopic (exact) mass is 236 g/mol. The van der Waals surface area contributed by atoms with E-state index in [1.165, 1.54) is 38.3 Å². The first kappa shape index (κ1) is 11.5. The summed E-state index contributed by atoms with van der Waals surface area (Å²) in [6.45, 7) is 0. The van der Waals surface area contributed by atoms with Crippen molar-refractivity contribution < 1.29 is 5.21 Å². The van der Waals surface area contributed by atoms with E-state index in [1.807, 2.05) is 23.9 Å². The van der Waals surface area contributed by atoms with Crippen molar-refractivity contribution in [3.8, 4) is 0 Å². The van der Waals surface area contributed by atoms with Crippen molar-refractivity contribution in [2.75, 3.05) is 0 Å². The molecule has 4 heteroatoms. The first-order chi connectivity index (χ1) is 7.88. The number of oxime groups is 1. The van der Waals surface area contributed by atoms with E-state index >= 15 is 0 Å². The molecule has 1 aromatic heterocycles. The van der Waals surface area contributed by atoms with Gasteiger partial charge in [0.2, 0.25) is 0 Å². The number of thioether (sulfide) groups is 1. The van der Waals surface area contributed by atoms with Crippen molar-refractivity contribution >= 4 is 18.0 Å². The number of rotatable bonds is 3. The summed E-state index contributed by atoms with van der Waals surface area (Å²) in [6, 6.07) is 3.92. The minimum Gasteiger partial charge on any atom is -0.411 e. The van der Waals surface area contributed by atoms with Gasteiger partial charge >= 0.3 is 0 Å². The summed E-state index contributed by atoms with van der Waals surface area (Å²) in [5.41, 5.74) is 0.829. The number of hydrogen-bond acceptors (Lipinski definition) is 4. The number of hydrogen-bond donors (Lipinski definition) is 1. The van der Waals surface area contributed by atoms with E-state index in [2.05, 4.69) is 10.1 Å². The Labute approximate surface area is 100.0 Å². The fourth-order valence-corrected chi connectivity index (χ4v) is 3.13. The van der Waals surface area contributed by atoms with Crippen LogP contribution in [0, 0.1) is 0 Å². The normalized spacial score (nSPS) is 18.0. The van der Waals surface area contributed by atoms with Gasteiger partial charge in [-0.1, -0.05) is 24.4 Å². The quantitative estimate of drug-likeness (QED) is 0.497. The van der Waals surface area contributed by atoms with E-state index in [-0.39, 0.29) is 0 Å². The predicted molar refractivity (Wildman–Crippen MR) is 66.3 cm³/mol. The predicted octanol–water partition coefficient (Wildman–Crippen LogP) is 3.31. The van der Waals surface area contributed by atoms with Gasteiger partial charge in [-0.25, -0.2) is 4.98 Å². The van der Waals surface area contributed by atoms with E-state index in [9.17, 15) is 0 Å². The first-order valence-electron chi connectivity index (χ1n) is 5.68. The Morgan fingerprint density at radius 2 is 2.12 bits per heavy atom. The molecule has 0 spiro atoms. The lowest BCUT2D eigenvalue weighted by Crippen LogP contribution is -2.07. The van der Waals surface area contributed by atoms with E-state index in [1.54, 1.807) is 6.20 Å². The second-order valence-electron chi connectivity index (χ2n) is 4.05. The van der Waals surface area contributed by atoms with Crippen LogP contribution in [0.1, 0.15) is 37.7 Å². The van der Waals surface area contributed by atoms with Crippen molar-refractivity contribution in [1.29, 1.82) is 0 Å². The van der Waals surface area contributed by atoms with E-state index < -0.39 is 0 Å². The van der Waals surface area contributed by atoms with Crippen LogP contribution in [0.25, 0.3) is 0 Å². The maximum atomic E-state index is 8.39. The van der Waals surface area contributed by atoms with Gasteiger partial charge in [0.1, 0.15) is 0 Å². The zero-order chi connectivity index (χ0) is 11.2. The molecule has 0 saturated heterocycles. The summed E-state index contributed by atoms with van der Waals surface area (Å²) in [5, 5.41) is 13.2. The lowest BCUT2D eigenvalue weighted by molar-refractivity contribution is 0.322. The Balaban J connectivity index is 1.93. The van der Waals surface area contributed by atoms with Gasteiger partial charge in [0.05, 0.1) is 11.2 Å². The molecule has 0 radical (unpaired) electrons. The third kappa shape index (κ3) is 3.23. The highest BCUT2D eigenvalue weighted by Gasteiger charge is 2.14. The Bertz CT molecular complexity index is 345. The van der Waals surface area contributed by atoms with Crippen molar-refractivity contribution in [3.63, 3.8) is 0 Å². The minimum absolute atomic E-state index is 0.735. The molecule has 0 amide bonds. The van der Waals surface area contributed by atoms with E-state index in [4.69, 9.17) is 5.21 Å². The topological polar surface area (TPSA) is 45.5 Å². The van der Waals surface area contributed by atoms with Crippen molar-refractivity contribution in [3.05, 3.63) is 23.9 Å². The lowest BCUT2D eigenvalue weighted by Gasteiger charge is -2.20. The Kier molecular flexibility index (Phi) is 4.22. The maximum Gasteiger partial charge on any atom is 0.0962 e. The molecule has 16 heavy (non-hydrogen) atoms. The third-order valence-corrected chi connectivity index (χ3v) is 4.09. The molecule has 0 aromatic carbocycles. The van der Waals surface area contributed by atoms with Crippen LogP contribution in [0.4, 0.5) is 0 Å². The molecule has 0 aliphatic heterocycles. The molecule has 86 valence electrons. The summed E-state index contributed by atoms with van der Waals surface area (Å²) in [6.07, 6.45) is 9.85. The Morgan fingerprint density at radius 1 is 1.31 bits per heavy atom. The Morgan fingerprint density at radius 3 is 2.75 bits per heavy atom. The van der Waals surface area contributed by atoms with E-state index in [0.29, 0.717) is 0 Å². The fraction of sp³-hybridized carbons (Fsp3) is 0.500. The van der Waals surface area contributed by atoms with Crippen molar-refractivity contribution in [1.82, 2.24) is 4.98 Å². The van der Waals surface area contributed by atoms with Crippen LogP contribution in [0.15, 0.2) is 28.5 Å². The van der Waals surface area contributed by atoms with Crippen LogP contribution >= 0.6 is 11.8 Å². The van der Waals surface area contributed by atoms with Crippen LogP contribution in [0.5, 0.6) is 0 Å². The zero-order valence-electron chi connectivity index (χ0n) is 9.17. The molecule has 0 bridgehead atoms. The highest BCUT2D eigenvalue weighted by atomic mass is 32.2. The second kappa shape index (κ2) is 5.89. The molecule has 0 unspecified atom stereocenters. The molecular weight excluding hydrogens is 220 g/mol. The second-order valence-corrected chi connectivity index (χ2v) is 5.37. The van der Waals surface area contributed by atoms with Gasteiger partial charge in [-0.3, -0.25) is 0 Å². The molecule has 1 heterocycles. The molecule has 3 nitrogen and oxygen atoms in total. The van der Waals surface area contributed by atoms with Gasteiger partial charge in [-0.2, -0.15) is 0 Å². The fourth-order valence-electron chi connectivity index (χ4n) is 1.96. The average molecular weight is 236 g/mol. The molecule has 1 N–H and O–H groups in total. The minimum atomic E-state index is 0.735. The SMILES string of the molecule is O/N=C/c1ccc(SC2CCCCC2)nc1. The van der Waals surface area contributed by atoms with Gasteiger partial charge in [0.15, 0.2) is 0 Å². The van der Waals surface area contributed by atoms with Gasteiger partial charge in [-0.15, -0.1) is 11.8 Å². The largest absolute Gasteiger partial charge is 0.411 e. The van der Waals surface area contributed by atoms with Crippen LogP contribution in [-0.4, -0.2) is 21.7 Å². The van der Waals surface area contributed by atoms with Gasteiger partial charge in [-0.05, 0) is 25.0 Å². The standard InChI is InChI=1S/C12H16N2OS/c15-14-9-10-6-7-12(13-8-10)16-11-4-2-1-3-5-11/h6-9,11,15H,1-5H2/b14-9+. The molecule has 1 fully saturated rings. The van der Waals surface area contributed by atoms with Crippen LogP contribution < -0.4 is 0 Å². The third-order valence-electron chi connectivity index (χ3n) is 2.81. The van der Waals surface area contributed by atoms with E-state index in [0.717, 1.165) is 15.8 Å². The molecule has 1 aliphatic rings. The molecular formula is C12H16N2OS. The molecule has 0 atom stereocenters. The Hall–Kier alpha value is -1.03. The smallest absolute Gasteiger partial charge is 0.0962 e. The number of nitrogens with zero attached hydrogens (tertiary/aromatic N) is 2. The summed E-state index contributed by atoms with van der Waals surface area (Å²) in [5.74, 6) is 0. The molecule has 1 aromatic rings. The summed E-state index contributed by atoms with van der Waals surface area (Å²) in [7, 11) is 0. The van der Waals surface area contributed by atoms with Crippen LogP contribution in [0.2, 0.25) is 0 Å². The van der Waals surface area contributed by atoms with Gasteiger partial charge in [0, 0.05) is 17.0 Å². The lowest BCUT2D eigenvalue weighted by atomic mass is 10.0. The molecule has 1 saturated carbocycles. The zero-order valence-corrected chi connectivity index (χ0v) is 9.99. The summed E-state index contributed by atoms with van der Waals surface area (Å²) < 4.78 is 0. The molecule has 1 aliphatic carbocycles. The summed E-state index contributed by atoms with van der Waals surface area (Å²) >= 11 is 1.87.